The van der Waals surface area contributed by atoms with Crippen LogP contribution < -0.4 is 15.3 Å². The molecule has 4 atom stereocenters. The van der Waals surface area contributed by atoms with Crippen LogP contribution in [0.3, 0.4) is 0 Å². The number of benzene rings is 1. The van der Waals surface area contributed by atoms with Gasteiger partial charge in [0.15, 0.2) is 11.5 Å². The molecule has 12 heteroatoms. The predicted octanol–water partition coefficient (Wildman–Crippen LogP) is 3.05. The molecule has 0 amide bonds. The van der Waals surface area contributed by atoms with Crippen molar-refractivity contribution in [2.45, 2.75) is 52.5 Å². The van der Waals surface area contributed by atoms with E-state index in [-0.39, 0.29) is 24.6 Å². The third-order valence-electron chi connectivity index (χ3n) is 6.01. The smallest absolute Gasteiger partial charge is 0.342 e. The van der Waals surface area contributed by atoms with Crippen molar-refractivity contribution in [2.75, 3.05) is 31.9 Å². The molecule has 3 N–H and O–H groups in total. The summed E-state index contributed by atoms with van der Waals surface area (Å²) in [6, 6.07) is 5.40. The zero-order chi connectivity index (χ0) is 25.0. The summed E-state index contributed by atoms with van der Waals surface area (Å²) in [5.41, 5.74) is 9.01. The Morgan fingerprint density at radius 2 is 2.09 bits per heavy atom. The van der Waals surface area contributed by atoms with E-state index in [1.165, 1.54) is 6.33 Å². The molecule has 3 aromatic rings. The number of nitrogens with zero attached hydrogens (tertiary/aromatic N) is 4. The van der Waals surface area contributed by atoms with Crippen LogP contribution >= 0.6 is 7.52 Å². The molecule has 1 aromatic carbocycles. The number of ether oxygens (including phenoxy) is 3. The van der Waals surface area contributed by atoms with Gasteiger partial charge in [0.25, 0.3) is 0 Å². The van der Waals surface area contributed by atoms with Gasteiger partial charge in [0.1, 0.15) is 23.9 Å². The van der Waals surface area contributed by atoms with Crippen LogP contribution in [0.4, 0.5) is 5.82 Å². The Morgan fingerprint density at radius 1 is 1.26 bits per heavy atom. The summed E-state index contributed by atoms with van der Waals surface area (Å²) < 4.78 is 39.3. The number of nitrogen functional groups attached to an aromatic ring is 1. The number of hydrogen-bond donors (Lipinski definition) is 2. The second kappa shape index (κ2) is 11.0. The first-order valence-electron chi connectivity index (χ1n) is 11.6. The molecule has 4 rings (SSSR count). The maximum atomic E-state index is 14.1. The van der Waals surface area contributed by atoms with Crippen molar-refractivity contribution in [1.29, 1.82) is 0 Å². The van der Waals surface area contributed by atoms with Crippen LogP contribution in [0, 0.1) is 13.8 Å². The van der Waals surface area contributed by atoms with E-state index in [0.29, 0.717) is 49.1 Å². The normalized spacial score (nSPS) is 19.8. The molecular formula is C23H33N6O5P. The molecule has 0 aliphatic carbocycles. The molecule has 190 valence electrons. The lowest BCUT2D eigenvalue weighted by Gasteiger charge is -2.32. The van der Waals surface area contributed by atoms with Crippen LogP contribution in [-0.2, 0) is 25.3 Å². The third-order valence-corrected chi connectivity index (χ3v) is 7.79. The molecule has 0 radical (unpaired) electrons. The quantitative estimate of drug-likeness (QED) is 0.397. The molecule has 3 heterocycles. The van der Waals surface area contributed by atoms with E-state index in [9.17, 15) is 4.57 Å². The fourth-order valence-corrected chi connectivity index (χ4v) is 5.78. The molecule has 1 aliphatic heterocycles. The van der Waals surface area contributed by atoms with Crippen LogP contribution in [0.1, 0.15) is 25.0 Å². The molecule has 1 aliphatic rings. The molecule has 2 aromatic heterocycles. The number of anilines is 1. The van der Waals surface area contributed by atoms with E-state index in [1.807, 2.05) is 50.5 Å². The topological polar surface area (TPSA) is 136 Å². The zero-order valence-corrected chi connectivity index (χ0v) is 21.4. The molecule has 0 spiro atoms. The van der Waals surface area contributed by atoms with Crippen LogP contribution in [0.5, 0.6) is 5.75 Å². The minimum Gasteiger partial charge on any atom is -0.431 e. The van der Waals surface area contributed by atoms with E-state index in [1.54, 1.807) is 6.33 Å². The predicted molar refractivity (Wildman–Crippen MR) is 132 cm³/mol. The summed E-state index contributed by atoms with van der Waals surface area (Å²) in [7, 11) is -3.49. The van der Waals surface area contributed by atoms with Gasteiger partial charge in [0.05, 0.1) is 44.9 Å². The number of aryl methyl sites for hydroxylation is 1. The molecule has 1 saturated heterocycles. The lowest BCUT2D eigenvalue weighted by atomic mass is 10.1. The van der Waals surface area contributed by atoms with Gasteiger partial charge in [-0.15, -0.1) is 0 Å². The van der Waals surface area contributed by atoms with E-state index in [4.69, 9.17) is 24.5 Å². The van der Waals surface area contributed by atoms with Crippen LogP contribution in [0.25, 0.3) is 11.2 Å². The first kappa shape index (κ1) is 25.5. The van der Waals surface area contributed by atoms with E-state index >= 15 is 0 Å². The van der Waals surface area contributed by atoms with Crippen molar-refractivity contribution in [3.05, 3.63) is 42.0 Å². The fraction of sp³-hybridized carbons (Fsp3) is 0.522. The van der Waals surface area contributed by atoms with Crippen molar-refractivity contribution in [1.82, 2.24) is 24.6 Å². The lowest BCUT2D eigenvalue weighted by molar-refractivity contribution is -0.0970. The molecule has 1 fully saturated rings. The summed E-state index contributed by atoms with van der Waals surface area (Å²) in [6.07, 6.45) is 2.35. The number of aromatic nitrogens is 4. The van der Waals surface area contributed by atoms with E-state index in [2.05, 4.69) is 20.0 Å². The van der Waals surface area contributed by atoms with Crippen molar-refractivity contribution in [3.63, 3.8) is 0 Å². The fourth-order valence-electron chi connectivity index (χ4n) is 3.85. The Morgan fingerprint density at radius 3 is 2.86 bits per heavy atom. The lowest BCUT2D eigenvalue weighted by Crippen LogP contribution is -2.44. The third kappa shape index (κ3) is 6.17. The highest BCUT2D eigenvalue weighted by Gasteiger charge is 2.33. The first-order chi connectivity index (χ1) is 16.8. The van der Waals surface area contributed by atoms with Crippen molar-refractivity contribution in [2.24, 2.45) is 0 Å². The van der Waals surface area contributed by atoms with E-state index in [0.717, 1.165) is 11.1 Å². The Bertz CT molecular complexity index is 1200. The second-order valence-electron chi connectivity index (χ2n) is 8.80. The highest BCUT2D eigenvalue weighted by molar-refractivity contribution is 7.57. The average Bonchev–Trinajstić information content (AvgIpc) is 3.25. The highest BCUT2D eigenvalue weighted by Crippen LogP contribution is 2.45. The first-order valence-corrected chi connectivity index (χ1v) is 13.4. The summed E-state index contributed by atoms with van der Waals surface area (Å²) in [5.74, 6) is 0.874. The van der Waals surface area contributed by atoms with Crippen molar-refractivity contribution in [3.8, 4) is 5.75 Å². The van der Waals surface area contributed by atoms with Crippen LogP contribution in [0.2, 0.25) is 0 Å². The molecular weight excluding hydrogens is 471 g/mol. The van der Waals surface area contributed by atoms with Crippen LogP contribution in [0.15, 0.2) is 30.9 Å². The Hall–Kier alpha value is -2.56. The number of fused-ring (bicyclic) bond motifs is 1. The summed E-state index contributed by atoms with van der Waals surface area (Å²) in [5, 5.41) is 3.16. The Balaban J connectivity index is 1.48. The van der Waals surface area contributed by atoms with Crippen molar-refractivity contribution < 1.29 is 23.3 Å². The Kier molecular flexibility index (Phi) is 8.03. The maximum absolute atomic E-state index is 14.1. The van der Waals surface area contributed by atoms with E-state index < -0.39 is 7.52 Å². The number of hydrogen-bond acceptors (Lipinski definition) is 9. The molecule has 0 bridgehead atoms. The van der Waals surface area contributed by atoms with Gasteiger partial charge >= 0.3 is 7.52 Å². The van der Waals surface area contributed by atoms with Gasteiger partial charge in [0.2, 0.25) is 0 Å². The number of nitrogens with one attached hydrogen (secondary N) is 1. The molecule has 0 saturated carbocycles. The molecule has 35 heavy (non-hydrogen) atoms. The van der Waals surface area contributed by atoms with Gasteiger partial charge in [-0.2, -0.15) is 0 Å². The van der Waals surface area contributed by atoms with Gasteiger partial charge in [-0.05, 0) is 44.9 Å². The summed E-state index contributed by atoms with van der Waals surface area (Å²) in [4.78, 5) is 12.5. The highest BCUT2D eigenvalue weighted by atomic mass is 31.2. The second-order valence-corrected chi connectivity index (χ2v) is 10.8. The number of nitrogens with two attached hydrogens (primary N) is 1. The van der Waals surface area contributed by atoms with Gasteiger partial charge in [-0.25, -0.2) is 20.0 Å². The standard InChI is InChI=1S/C23H33N6O5P/c1-15-6-5-7-19(17(15)3)34-35(30,28-18(4)20-11-31-8-9-32-20)14-33-16(2)10-29-13-27-21-22(24)25-12-26-23(21)29/h5-7,12-13,16,18,20H,8-11,14H2,1-4H3,(H,28,30)(H2,24,25,26)/t16-,18+,20?,35?/m1/s1. The van der Waals surface area contributed by atoms with Crippen LogP contribution in [-0.4, -0.2) is 63.9 Å². The minimum absolute atomic E-state index is 0.136. The largest absolute Gasteiger partial charge is 0.431 e. The zero-order valence-electron chi connectivity index (χ0n) is 20.5. The van der Waals surface area contributed by atoms with Gasteiger partial charge in [-0.1, -0.05) is 12.1 Å². The average molecular weight is 505 g/mol. The maximum Gasteiger partial charge on any atom is 0.342 e. The summed E-state index contributed by atoms with van der Waals surface area (Å²) >= 11 is 0. The summed E-state index contributed by atoms with van der Waals surface area (Å²) in [6.45, 7) is 9.64. The van der Waals surface area contributed by atoms with Gasteiger partial charge < -0.3 is 29.0 Å². The van der Waals surface area contributed by atoms with Gasteiger partial charge in [0, 0.05) is 6.04 Å². The minimum atomic E-state index is -3.49. The molecule has 2 unspecified atom stereocenters. The monoisotopic (exact) mass is 504 g/mol. The SMILES string of the molecule is Cc1cccc(OP(=O)(CO[C@H](C)Cn2cnc3c(N)ncnc32)N[C@@H](C)C2COCCO2)c1C. The van der Waals surface area contributed by atoms with Gasteiger partial charge in [-0.3, -0.25) is 4.57 Å². The number of rotatable bonds is 10. The number of imidazole rings is 1. The molecule has 11 nitrogen and oxygen atoms in total. The van der Waals surface area contributed by atoms with Crippen molar-refractivity contribution >= 4 is 24.5 Å². The Labute approximate surface area is 204 Å².